The van der Waals surface area contributed by atoms with E-state index in [0.29, 0.717) is 12.2 Å². The van der Waals surface area contributed by atoms with Gasteiger partial charge in [-0.2, -0.15) is 4.98 Å². The summed E-state index contributed by atoms with van der Waals surface area (Å²) in [7, 11) is 0. The zero-order valence-electron chi connectivity index (χ0n) is 11.2. The van der Waals surface area contributed by atoms with Crippen molar-refractivity contribution >= 4 is 22.7 Å². The van der Waals surface area contributed by atoms with E-state index in [1.807, 2.05) is 54.6 Å². The van der Waals surface area contributed by atoms with Crippen molar-refractivity contribution in [1.29, 1.82) is 0 Å². The molecule has 0 saturated carbocycles. The fraction of sp³-hybridized carbons (Fsp3) is 0.188. The Morgan fingerprint density at radius 3 is 2.57 bits per heavy atom. The van der Waals surface area contributed by atoms with Crippen LogP contribution < -0.4 is 9.47 Å². The second kappa shape index (κ2) is 6.50. The number of para-hydroxylation sites is 3. The first-order chi connectivity index (χ1) is 10.3. The molecule has 1 aromatic heterocycles. The van der Waals surface area contributed by atoms with Crippen molar-refractivity contribution in [1.82, 2.24) is 4.98 Å². The van der Waals surface area contributed by atoms with Gasteiger partial charge in [-0.15, -0.1) is 11.6 Å². The molecule has 4 nitrogen and oxygen atoms in total. The van der Waals surface area contributed by atoms with Crippen LogP contribution in [0.1, 0.15) is 0 Å². The van der Waals surface area contributed by atoms with Crippen molar-refractivity contribution in [3.63, 3.8) is 0 Å². The fourth-order valence-electron chi connectivity index (χ4n) is 1.86. The number of nitrogens with zero attached hydrogens (tertiary/aromatic N) is 1. The van der Waals surface area contributed by atoms with Gasteiger partial charge < -0.3 is 13.9 Å². The Morgan fingerprint density at radius 1 is 1.05 bits per heavy atom. The predicted molar refractivity (Wildman–Crippen MR) is 81.1 cm³/mol. The van der Waals surface area contributed by atoms with Gasteiger partial charge >= 0.3 is 6.08 Å². The summed E-state index contributed by atoms with van der Waals surface area (Å²) in [6, 6.07) is 17.0. The van der Waals surface area contributed by atoms with Gasteiger partial charge in [0.05, 0.1) is 5.88 Å². The molecule has 1 heterocycles. The van der Waals surface area contributed by atoms with Crippen LogP contribution in [-0.2, 0) is 0 Å². The first-order valence-electron chi connectivity index (χ1n) is 6.61. The summed E-state index contributed by atoms with van der Waals surface area (Å²) in [4.78, 5) is 4.25. The highest BCUT2D eigenvalue weighted by Gasteiger charge is 2.15. The molecule has 0 aliphatic heterocycles. The molecule has 0 amide bonds. The third-order valence-corrected chi connectivity index (χ3v) is 3.24. The molecule has 1 atom stereocenters. The van der Waals surface area contributed by atoms with Crippen molar-refractivity contribution in [3.05, 3.63) is 54.6 Å². The second-order valence-corrected chi connectivity index (χ2v) is 4.77. The Bertz CT molecular complexity index is 666. The van der Waals surface area contributed by atoms with E-state index < -0.39 is 0 Å². The minimum atomic E-state index is -0.333. The van der Waals surface area contributed by atoms with Crippen molar-refractivity contribution in [3.8, 4) is 11.8 Å². The Labute approximate surface area is 127 Å². The summed E-state index contributed by atoms with van der Waals surface area (Å²) in [5.41, 5.74) is 1.44. The summed E-state index contributed by atoms with van der Waals surface area (Å²) < 4.78 is 16.8. The first kappa shape index (κ1) is 13.8. The lowest BCUT2D eigenvalue weighted by atomic mass is 10.3. The van der Waals surface area contributed by atoms with E-state index in [1.54, 1.807) is 0 Å². The minimum absolute atomic E-state index is 0.207. The smallest absolute Gasteiger partial charge is 0.395 e. The lowest BCUT2D eigenvalue weighted by Crippen LogP contribution is -2.26. The monoisotopic (exact) mass is 303 g/mol. The number of rotatable bonds is 6. The molecule has 0 radical (unpaired) electrons. The molecule has 0 N–H and O–H groups in total. The number of aromatic nitrogens is 1. The van der Waals surface area contributed by atoms with Crippen LogP contribution in [0.3, 0.4) is 0 Å². The van der Waals surface area contributed by atoms with Gasteiger partial charge in [0, 0.05) is 0 Å². The normalized spacial score (nSPS) is 12.2. The van der Waals surface area contributed by atoms with Crippen LogP contribution in [0.25, 0.3) is 11.1 Å². The number of ether oxygens (including phenoxy) is 2. The molecule has 2 aromatic carbocycles. The Balaban J connectivity index is 1.63. The number of halogens is 1. The molecule has 3 aromatic rings. The van der Waals surface area contributed by atoms with E-state index in [0.717, 1.165) is 11.3 Å². The average molecular weight is 304 g/mol. The Hall–Kier alpha value is -2.20. The van der Waals surface area contributed by atoms with Gasteiger partial charge in [0.15, 0.2) is 11.7 Å². The number of benzene rings is 2. The zero-order valence-corrected chi connectivity index (χ0v) is 12.0. The van der Waals surface area contributed by atoms with Gasteiger partial charge in [0.2, 0.25) is 0 Å². The van der Waals surface area contributed by atoms with Crippen LogP contribution in [0.2, 0.25) is 0 Å². The SMILES string of the molecule is ClCC(COc1ccccc1)Oc1nc2ccccc2o1. The standard InChI is InChI=1S/C16H14ClNO3/c17-10-13(11-19-12-6-2-1-3-7-12)20-16-18-14-8-4-5-9-15(14)21-16/h1-9,13H,10-11H2. The average Bonchev–Trinajstić information content (AvgIpc) is 2.94. The van der Waals surface area contributed by atoms with Gasteiger partial charge in [-0.05, 0) is 24.3 Å². The third kappa shape index (κ3) is 3.47. The molecule has 0 aliphatic rings. The maximum Gasteiger partial charge on any atom is 0.395 e. The van der Waals surface area contributed by atoms with E-state index in [2.05, 4.69) is 4.98 Å². The van der Waals surface area contributed by atoms with Crippen LogP contribution in [-0.4, -0.2) is 23.6 Å². The van der Waals surface area contributed by atoms with Crippen molar-refractivity contribution in [2.75, 3.05) is 12.5 Å². The molecule has 0 aliphatic carbocycles. The molecule has 0 saturated heterocycles. The molecule has 3 rings (SSSR count). The first-order valence-corrected chi connectivity index (χ1v) is 7.14. The summed E-state index contributed by atoms with van der Waals surface area (Å²) in [6.07, 6.45) is -0.126. The Kier molecular flexibility index (Phi) is 4.26. The molecule has 0 fully saturated rings. The fourth-order valence-corrected chi connectivity index (χ4v) is 2.01. The molecular formula is C16H14ClNO3. The zero-order chi connectivity index (χ0) is 14.5. The van der Waals surface area contributed by atoms with Crippen LogP contribution in [0.4, 0.5) is 0 Å². The molecule has 1 unspecified atom stereocenters. The summed E-state index contributed by atoms with van der Waals surface area (Å²) in [6.45, 7) is 0.326. The molecule has 21 heavy (non-hydrogen) atoms. The van der Waals surface area contributed by atoms with Gasteiger partial charge in [0.25, 0.3) is 0 Å². The van der Waals surface area contributed by atoms with Gasteiger partial charge in [-0.25, -0.2) is 0 Å². The van der Waals surface area contributed by atoms with E-state index in [4.69, 9.17) is 25.5 Å². The van der Waals surface area contributed by atoms with Crippen LogP contribution in [0, 0.1) is 0 Å². The maximum absolute atomic E-state index is 5.91. The largest absolute Gasteiger partial charge is 0.490 e. The Morgan fingerprint density at radius 2 is 1.81 bits per heavy atom. The quantitative estimate of drug-likeness (QED) is 0.648. The highest BCUT2D eigenvalue weighted by Crippen LogP contribution is 2.21. The van der Waals surface area contributed by atoms with Gasteiger partial charge in [-0.3, -0.25) is 0 Å². The summed E-state index contributed by atoms with van der Waals surface area (Å²) in [5, 5.41) is 0. The number of hydrogen-bond donors (Lipinski definition) is 0. The molecule has 0 spiro atoms. The van der Waals surface area contributed by atoms with Gasteiger partial charge in [0.1, 0.15) is 17.9 Å². The number of alkyl halides is 1. The molecule has 0 bridgehead atoms. The van der Waals surface area contributed by atoms with Crippen LogP contribution in [0.5, 0.6) is 11.8 Å². The number of fused-ring (bicyclic) bond motifs is 1. The third-order valence-electron chi connectivity index (χ3n) is 2.89. The predicted octanol–water partition coefficient (Wildman–Crippen LogP) is 3.89. The lowest BCUT2D eigenvalue weighted by Gasteiger charge is -2.14. The van der Waals surface area contributed by atoms with Crippen molar-refractivity contribution < 1.29 is 13.9 Å². The summed E-state index contributed by atoms with van der Waals surface area (Å²) >= 11 is 5.91. The van der Waals surface area contributed by atoms with Crippen LogP contribution >= 0.6 is 11.6 Å². The van der Waals surface area contributed by atoms with E-state index >= 15 is 0 Å². The second-order valence-electron chi connectivity index (χ2n) is 4.47. The topological polar surface area (TPSA) is 44.5 Å². The van der Waals surface area contributed by atoms with E-state index in [-0.39, 0.29) is 18.1 Å². The highest BCUT2D eigenvalue weighted by molar-refractivity contribution is 6.18. The number of oxazole rings is 1. The van der Waals surface area contributed by atoms with E-state index in [1.165, 1.54) is 0 Å². The molecule has 5 heteroatoms. The van der Waals surface area contributed by atoms with Crippen molar-refractivity contribution in [2.24, 2.45) is 0 Å². The van der Waals surface area contributed by atoms with Crippen molar-refractivity contribution in [2.45, 2.75) is 6.10 Å². The lowest BCUT2D eigenvalue weighted by molar-refractivity contribution is 0.113. The molecular weight excluding hydrogens is 290 g/mol. The summed E-state index contributed by atoms with van der Waals surface area (Å²) in [5.74, 6) is 1.06. The van der Waals surface area contributed by atoms with Crippen LogP contribution in [0.15, 0.2) is 59.0 Å². The van der Waals surface area contributed by atoms with Gasteiger partial charge in [-0.1, -0.05) is 30.3 Å². The highest BCUT2D eigenvalue weighted by atomic mass is 35.5. The number of hydrogen-bond acceptors (Lipinski definition) is 4. The maximum atomic E-state index is 5.91. The van der Waals surface area contributed by atoms with E-state index in [9.17, 15) is 0 Å². The minimum Gasteiger partial charge on any atom is -0.490 e. The molecule has 108 valence electrons.